The van der Waals surface area contributed by atoms with Crippen molar-refractivity contribution in [3.63, 3.8) is 0 Å². The SMILES string of the molecule is NNc1nc(Nc2cccc(Cl)c2)nc(-n2ccnc2)n1. The number of nitrogen functional groups attached to an aromatic ring is 1. The van der Waals surface area contributed by atoms with Gasteiger partial charge in [-0.3, -0.25) is 9.99 Å². The average Bonchev–Trinajstić information content (AvgIpc) is 3.01. The summed E-state index contributed by atoms with van der Waals surface area (Å²) >= 11 is 5.94. The highest BCUT2D eigenvalue weighted by Gasteiger charge is 2.07. The van der Waals surface area contributed by atoms with Gasteiger partial charge in [-0.2, -0.15) is 15.0 Å². The van der Waals surface area contributed by atoms with Crippen molar-refractivity contribution in [3.05, 3.63) is 48.0 Å². The second kappa shape index (κ2) is 5.73. The third-order valence-corrected chi connectivity index (χ3v) is 2.80. The van der Waals surface area contributed by atoms with Crippen LogP contribution in [0, 0.1) is 0 Å². The molecule has 21 heavy (non-hydrogen) atoms. The van der Waals surface area contributed by atoms with Gasteiger partial charge in [-0.15, -0.1) is 0 Å². The van der Waals surface area contributed by atoms with Crippen molar-refractivity contribution in [2.24, 2.45) is 5.84 Å². The van der Waals surface area contributed by atoms with E-state index in [-0.39, 0.29) is 5.95 Å². The van der Waals surface area contributed by atoms with Crippen LogP contribution in [0.25, 0.3) is 5.95 Å². The summed E-state index contributed by atoms with van der Waals surface area (Å²) in [4.78, 5) is 16.5. The Balaban J connectivity index is 1.96. The second-order valence-corrected chi connectivity index (χ2v) is 4.47. The summed E-state index contributed by atoms with van der Waals surface area (Å²) in [7, 11) is 0. The molecule has 0 aliphatic rings. The first-order valence-electron chi connectivity index (χ1n) is 5.98. The van der Waals surface area contributed by atoms with Crippen molar-refractivity contribution in [2.75, 3.05) is 10.7 Å². The predicted molar refractivity (Wildman–Crippen MR) is 79.5 cm³/mol. The molecule has 0 saturated heterocycles. The van der Waals surface area contributed by atoms with Crippen molar-refractivity contribution < 1.29 is 0 Å². The van der Waals surface area contributed by atoms with E-state index in [0.717, 1.165) is 5.69 Å². The van der Waals surface area contributed by atoms with Gasteiger partial charge in [0.2, 0.25) is 17.8 Å². The minimum absolute atomic E-state index is 0.234. The lowest BCUT2D eigenvalue weighted by molar-refractivity contribution is 0.898. The fourth-order valence-electron chi connectivity index (χ4n) is 1.67. The lowest BCUT2D eigenvalue weighted by Crippen LogP contribution is -2.14. The van der Waals surface area contributed by atoms with Crippen LogP contribution in [-0.4, -0.2) is 24.5 Å². The molecule has 3 aromatic rings. The smallest absolute Gasteiger partial charge is 0.243 e. The molecule has 1 aromatic carbocycles. The first-order chi connectivity index (χ1) is 10.2. The molecule has 0 aliphatic carbocycles. The Morgan fingerprint density at radius 2 is 2.00 bits per heavy atom. The first kappa shape index (κ1) is 13.3. The van der Waals surface area contributed by atoms with Crippen LogP contribution in [0.5, 0.6) is 0 Å². The fraction of sp³-hybridized carbons (Fsp3) is 0. The van der Waals surface area contributed by atoms with Crippen LogP contribution in [0.3, 0.4) is 0 Å². The molecule has 0 bridgehead atoms. The van der Waals surface area contributed by atoms with Gasteiger partial charge >= 0.3 is 0 Å². The van der Waals surface area contributed by atoms with E-state index in [1.807, 2.05) is 12.1 Å². The number of anilines is 3. The predicted octanol–water partition coefficient (Wildman–Crippen LogP) is 1.74. The highest BCUT2D eigenvalue weighted by Crippen LogP contribution is 2.19. The Morgan fingerprint density at radius 3 is 2.71 bits per heavy atom. The van der Waals surface area contributed by atoms with Crippen molar-refractivity contribution >= 4 is 29.2 Å². The standard InChI is InChI=1S/C12H11ClN8/c13-8-2-1-3-9(6-8)16-10-17-11(20-14)19-12(18-10)21-5-4-15-7-21/h1-7H,14H2,(H2,16,17,18,19,20). The van der Waals surface area contributed by atoms with Crippen molar-refractivity contribution in [3.8, 4) is 5.95 Å². The zero-order chi connectivity index (χ0) is 14.7. The van der Waals surface area contributed by atoms with Gasteiger partial charge in [0.1, 0.15) is 6.33 Å². The van der Waals surface area contributed by atoms with Gasteiger partial charge in [0.15, 0.2) is 0 Å². The number of imidazole rings is 1. The zero-order valence-electron chi connectivity index (χ0n) is 10.7. The summed E-state index contributed by atoms with van der Waals surface area (Å²) in [5, 5.41) is 3.66. The molecule has 4 N–H and O–H groups in total. The first-order valence-corrected chi connectivity index (χ1v) is 6.36. The molecule has 0 amide bonds. The molecule has 0 aliphatic heterocycles. The number of hydrazine groups is 1. The van der Waals surface area contributed by atoms with E-state index >= 15 is 0 Å². The molecule has 0 spiro atoms. The van der Waals surface area contributed by atoms with Gasteiger partial charge in [0.05, 0.1) is 0 Å². The number of benzene rings is 1. The number of rotatable bonds is 4. The molecule has 3 rings (SSSR count). The number of nitrogens with one attached hydrogen (secondary N) is 2. The third kappa shape index (κ3) is 3.07. The van der Waals surface area contributed by atoms with Crippen molar-refractivity contribution in [1.29, 1.82) is 0 Å². The van der Waals surface area contributed by atoms with Gasteiger partial charge < -0.3 is 5.32 Å². The summed E-state index contributed by atoms with van der Waals surface area (Å²) in [6.45, 7) is 0. The molecule has 0 atom stereocenters. The second-order valence-electron chi connectivity index (χ2n) is 4.03. The number of nitrogens with two attached hydrogens (primary N) is 1. The van der Waals surface area contributed by atoms with Crippen LogP contribution in [-0.2, 0) is 0 Å². The molecule has 2 aromatic heterocycles. The van der Waals surface area contributed by atoms with Crippen molar-refractivity contribution in [1.82, 2.24) is 24.5 Å². The minimum Gasteiger partial charge on any atom is -0.324 e. The van der Waals surface area contributed by atoms with E-state index in [4.69, 9.17) is 17.4 Å². The van der Waals surface area contributed by atoms with Crippen LogP contribution in [0.1, 0.15) is 0 Å². The number of hydrogen-bond acceptors (Lipinski definition) is 7. The van der Waals surface area contributed by atoms with E-state index in [9.17, 15) is 0 Å². The van der Waals surface area contributed by atoms with E-state index in [2.05, 4.69) is 30.7 Å². The summed E-state index contributed by atoms with van der Waals surface area (Å²) in [5.41, 5.74) is 3.16. The monoisotopic (exact) mass is 302 g/mol. The topological polar surface area (TPSA) is 107 Å². The molecule has 0 saturated carbocycles. The Hall–Kier alpha value is -2.71. The Bertz CT molecular complexity index is 743. The van der Waals surface area contributed by atoms with E-state index in [1.54, 1.807) is 35.4 Å². The van der Waals surface area contributed by atoms with Crippen LogP contribution in [0.2, 0.25) is 5.02 Å². The third-order valence-electron chi connectivity index (χ3n) is 2.57. The zero-order valence-corrected chi connectivity index (χ0v) is 11.5. The largest absolute Gasteiger partial charge is 0.324 e. The molecule has 9 heteroatoms. The summed E-state index contributed by atoms with van der Waals surface area (Å²) in [6, 6.07) is 7.22. The molecule has 8 nitrogen and oxygen atoms in total. The van der Waals surface area contributed by atoms with Crippen LogP contribution >= 0.6 is 11.6 Å². The van der Waals surface area contributed by atoms with E-state index < -0.39 is 0 Å². The van der Waals surface area contributed by atoms with Gasteiger partial charge in [0, 0.05) is 23.1 Å². The minimum atomic E-state index is 0.234. The molecular formula is C12H11ClN8. The normalized spacial score (nSPS) is 10.4. The van der Waals surface area contributed by atoms with E-state index in [0.29, 0.717) is 16.9 Å². The van der Waals surface area contributed by atoms with Crippen LogP contribution < -0.4 is 16.6 Å². The van der Waals surface area contributed by atoms with Crippen LogP contribution in [0.15, 0.2) is 43.0 Å². The number of aromatic nitrogens is 5. The quantitative estimate of drug-likeness (QED) is 0.498. The Labute approximate surface area is 125 Å². The number of hydrogen-bond donors (Lipinski definition) is 3. The molecule has 2 heterocycles. The average molecular weight is 303 g/mol. The molecular weight excluding hydrogens is 292 g/mol. The molecule has 0 radical (unpaired) electrons. The van der Waals surface area contributed by atoms with Gasteiger partial charge in [-0.05, 0) is 18.2 Å². The van der Waals surface area contributed by atoms with Gasteiger partial charge in [0.25, 0.3) is 0 Å². The molecule has 0 unspecified atom stereocenters. The molecule has 0 fully saturated rings. The summed E-state index contributed by atoms with van der Waals surface area (Å²) in [5.74, 6) is 6.34. The number of halogens is 1. The number of nitrogens with zero attached hydrogens (tertiary/aromatic N) is 5. The maximum atomic E-state index is 5.94. The van der Waals surface area contributed by atoms with Crippen LogP contribution in [0.4, 0.5) is 17.6 Å². The maximum absolute atomic E-state index is 5.94. The lowest BCUT2D eigenvalue weighted by Gasteiger charge is -2.08. The van der Waals surface area contributed by atoms with E-state index in [1.165, 1.54) is 0 Å². The fourth-order valence-corrected chi connectivity index (χ4v) is 1.86. The lowest BCUT2D eigenvalue weighted by atomic mass is 10.3. The van der Waals surface area contributed by atoms with Gasteiger partial charge in [-0.25, -0.2) is 10.8 Å². The summed E-state index contributed by atoms with van der Waals surface area (Å²) < 4.78 is 1.64. The van der Waals surface area contributed by atoms with Gasteiger partial charge in [-0.1, -0.05) is 17.7 Å². The highest BCUT2D eigenvalue weighted by atomic mass is 35.5. The molecule has 106 valence electrons. The summed E-state index contributed by atoms with van der Waals surface area (Å²) in [6.07, 6.45) is 4.93. The Morgan fingerprint density at radius 1 is 1.14 bits per heavy atom. The Kier molecular flexibility index (Phi) is 3.63. The highest BCUT2D eigenvalue weighted by molar-refractivity contribution is 6.30. The maximum Gasteiger partial charge on any atom is 0.243 e. The van der Waals surface area contributed by atoms with Crippen molar-refractivity contribution in [2.45, 2.75) is 0 Å².